The number of aromatic carboxylic acids is 1. The van der Waals surface area contributed by atoms with Gasteiger partial charge >= 0.3 is 5.97 Å². The Morgan fingerprint density at radius 3 is 2.64 bits per heavy atom. The van der Waals surface area contributed by atoms with E-state index in [0.717, 1.165) is 21.3 Å². The first-order chi connectivity index (χ1) is 6.54. The van der Waals surface area contributed by atoms with Gasteiger partial charge in [-0.25, -0.2) is 4.79 Å². The number of fused-ring (bicyclic) bond motifs is 1. The minimum atomic E-state index is -0.854. The first-order valence-electron chi connectivity index (χ1n) is 4.30. The van der Waals surface area contributed by atoms with Crippen LogP contribution in [0, 0.1) is 13.8 Å². The molecule has 0 unspecified atom stereocenters. The molecule has 2 aromatic heterocycles. The molecule has 14 heavy (non-hydrogen) atoms. The molecule has 0 radical (unpaired) electrons. The van der Waals surface area contributed by atoms with Crippen LogP contribution in [0.5, 0.6) is 0 Å². The first kappa shape index (κ1) is 9.27. The van der Waals surface area contributed by atoms with Crippen LogP contribution in [0.4, 0.5) is 0 Å². The van der Waals surface area contributed by atoms with E-state index in [9.17, 15) is 4.79 Å². The molecule has 0 bridgehead atoms. The van der Waals surface area contributed by atoms with E-state index in [1.807, 2.05) is 13.8 Å². The third-order valence-electron chi connectivity index (χ3n) is 2.53. The molecule has 0 saturated carbocycles. The number of hydrogen-bond donors (Lipinski definition) is 1. The summed E-state index contributed by atoms with van der Waals surface area (Å²) in [7, 11) is 1.80. The molecule has 0 aromatic carbocycles. The van der Waals surface area contributed by atoms with Crippen molar-refractivity contribution in [2.45, 2.75) is 13.8 Å². The molecule has 3 nitrogen and oxygen atoms in total. The van der Waals surface area contributed by atoms with Gasteiger partial charge in [-0.05, 0) is 30.4 Å². The minimum absolute atomic E-state index is 0.398. The van der Waals surface area contributed by atoms with Crippen LogP contribution >= 0.6 is 11.3 Å². The van der Waals surface area contributed by atoms with Crippen molar-refractivity contribution in [1.29, 1.82) is 0 Å². The van der Waals surface area contributed by atoms with E-state index in [4.69, 9.17) is 5.11 Å². The highest BCUT2D eigenvalue weighted by atomic mass is 32.1. The van der Waals surface area contributed by atoms with Crippen LogP contribution in [-0.4, -0.2) is 15.6 Å². The average Bonchev–Trinajstić information content (AvgIpc) is 2.55. The van der Waals surface area contributed by atoms with Crippen LogP contribution in [0.2, 0.25) is 0 Å². The zero-order valence-electron chi connectivity index (χ0n) is 8.29. The van der Waals surface area contributed by atoms with E-state index in [2.05, 4.69) is 5.38 Å². The number of carbonyl (C=O) groups is 1. The number of carboxylic acid groups (broad SMARTS) is 1. The van der Waals surface area contributed by atoms with Gasteiger partial charge in [0.15, 0.2) is 0 Å². The van der Waals surface area contributed by atoms with Gasteiger partial charge in [0.1, 0.15) is 10.5 Å². The van der Waals surface area contributed by atoms with Crippen molar-refractivity contribution in [2.24, 2.45) is 7.05 Å². The molecule has 0 atom stereocenters. The third kappa shape index (κ3) is 1.00. The molecular formula is C10H11NO2S. The Morgan fingerprint density at radius 1 is 1.50 bits per heavy atom. The minimum Gasteiger partial charge on any atom is -0.477 e. The van der Waals surface area contributed by atoms with E-state index in [1.54, 1.807) is 23.0 Å². The molecular weight excluding hydrogens is 198 g/mol. The van der Waals surface area contributed by atoms with Crippen molar-refractivity contribution < 1.29 is 9.90 Å². The molecule has 1 N–H and O–H groups in total. The lowest BCUT2D eigenvalue weighted by Gasteiger charge is -1.98. The smallest absolute Gasteiger partial charge is 0.352 e. The highest BCUT2D eigenvalue weighted by Crippen LogP contribution is 2.32. The standard InChI is InChI=1S/C10H11NO2S/c1-5-4-14-9-7(5)6(2)8(10(12)13)11(9)3/h4H,1-3H3,(H,12,13). The molecule has 0 amide bonds. The molecule has 2 rings (SSSR count). The average molecular weight is 209 g/mol. The highest BCUT2D eigenvalue weighted by Gasteiger charge is 2.19. The molecule has 0 saturated heterocycles. The second-order valence-corrected chi connectivity index (χ2v) is 4.29. The van der Waals surface area contributed by atoms with Crippen LogP contribution < -0.4 is 0 Å². The SMILES string of the molecule is Cc1csc2c1c(C)c(C(=O)O)n2C. The summed E-state index contributed by atoms with van der Waals surface area (Å²) in [4.78, 5) is 12.0. The van der Waals surface area contributed by atoms with Gasteiger partial charge < -0.3 is 9.67 Å². The Labute approximate surface area is 85.6 Å². The summed E-state index contributed by atoms with van der Waals surface area (Å²) < 4.78 is 1.75. The normalized spacial score (nSPS) is 11.1. The Morgan fingerprint density at radius 2 is 2.14 bits per heavy atom. The predicted octanol–water partition coefficient (Wildman–Crippen LogP) is 2.55. The van der Waals surface area contributed by atoms with Crippen molar-refractivity contribution >= 4 is 27.5 Å². The summed E-state index contributed by atoms with van der Waals surface area (Å²) >= 11 is 1.59. The number of aromatic nitrogens is 1. The maximum atomic E-state index is 11.0. The quantitative estimate of drug-likeness (QED) is 0.784. The summed E-state index contributed by atoms with van der Waals surface area (Å²) in [5.74, 6) is -0.854. The van der Waals surface area contributed by atoms with E-state index >= 15 is 0 Å². The number of aryl methyl sites for hydroxylation is 3. The Bertz CT molecular complexity index is 522. The van der Waals surface area contributed by atoms with Crippen LogP contribution in [0.1, 0.15) is 21.6 Å². The first-order valence-corrected chi connectivity index (χ1v) is 5.18. The summed E-state index contributed by atoms with van der Waals surface area (Å²) in [6.45, 7) is 3.88. The van der Waals surface area contributed by atoms with Gasteiger partial charge in [-0.2, -0.15) is 0 Å². The molecule has 0 aliphatic rings. The van der Waals surface area contributed by atoms with Gasteiger partial charge in [-0.1, -0.05) is 0 Å². The topological polar surface area (TPSA) is 42.2 Å². The monoisotopic (exact) mass is 209 g/mol. The summed E-state index contributed by atoms with van der Waals surface area (Å²) in [5.41, 5.74) is 2.43. The van der Waals surface area contributed by atoms with Crippen molar-refractivity contribution in [3.63, 3.8) is 0 Å². The zero-order valence-corrected chi connectivity index (χ0v) is 9.10. The molecule has 0 aliphatic carbocycles. The number of thiophene rings is 1. The van der Waals surface area contributed by atoms with Crippen molar-refractivity contribution in [1.82, 2.24) is 4.57 Å². The summed E-state index contributed by atoms with van der Waals surface area (Å²) in [5, 5.41) is 12.2. The van der Waals surface area contributed by atoms with Gasteiger partial charge in [0, 0.05) is 12.4 Å². The maximum Gasteiger partial charge on any atom is 0.352 e. The van der Waals surface area contributed by atoms with E-state index in [0.29, 0.717) is 5.69 Å². The molecule has 0 spiro atoms. The number of nitrogens with zero attached hydrogens (tertiary/aromatic N) is 1. The van der Waals surface area contributed by atoms with Crippen LogP contribution in [0.15, 0.2) is 5.38 Å². The number of hydrogen-bond acceptors (Lipinski definition) is 2. The number of rotatable bonds is 1. The van der Waals surface area contributed by atoms with Crippen molar-refractivity contribution in [3.8, 4) is 0 Å². The Balaban J connectivity index is 2.93. The fourth-order valence-electron chi connectivity index (χ4n) is 1.91. The van der Waals surface area contributed by atoms with Crippen LogP contribution in [-0.2, 0) is 7.05 Å². The summed E-state index contributed by atoms with van der Waals surface area (Å²) in [6, 6.07) is 0. The molecule has 0 aliphatic heterocycles. The molecule has 0 fully saturated rings. The fourth-order valence-corrected chi connectivity index (χ4v) is 3.00. The Kier molecular flexibility index (Phi) is 1.89. The van der Waals surface area contributed by atoms with E-state index in [-0.39, 0.29) is 0 Å². The van der Waals surface area contributed by atoms with Crippen LogP contribution in [0.25, 0.3) is 10.2 Å². The van der Waals surface area contributed by atoms with E-state index < -0.39 is 5.97 Å². The van der Waals surface area contributed by atoms with Crippen LogP contribution in [0.3, 0.4) is 0 Å². The molecule has 74 valence electrons. The van der Waals surface area contributed by atoms with E-state index in [1.165, 1.54) is 0 Å². The van der Waals surface area contributed by atoms with Crippen molar-refractivity contribution in [2.75, 3.05) is 0 Å². The predicted molar refractivity (Wildman–Crippen MR) is 57.2 cm³/mol. The second kappa shape index (κ2) is 2.85. The van der Waals surface area contributed by atoms with Gasteiger partial charge in [-0.3, -0.25) is 0 Å². The molecule has 2 aromatic rings. The third-order valence-corrected chi connectivity index (χ3v) is 3.70. The Hall–Kier alpha value is -1.29. The van der Waals surface area contributed by atoms with Gasteiger partial charge in [0.2, 0.25) is 0 Å². The number of carboxylic acids is 1. The van der Waals surface area contributed by atoms with Gasteiger partial charge in [0.05, 0.1) is 0 Å². The van der Waals surface area contributed by atoms with Gasteiger partial charge in [-0.15, -0.1) is 11.3 Å². The lowest BCUT2D eigenvalue weighted by atomic mass is 10.1. The van der Waals surface area contributed by atoms with Gasteiger partial charge in [0.25, 0.3) is 0 Å². The summed E-state index contributed by atoms with van der Waals surface area (Å²) in [6.07, 6.45) is 0. The highest BCUT2D eigenvalue weighted by molar-refractivity contribution is 7.17. The maximum absolute atomic E-state index is 11.0. The zero-order chi connectivity index (χ0) is 10.5. The molecule has 2 heterocycles. The van der Waals surface area contributed by atoms with Crippen molar-refractivity contribution in [3.05, 3.63) is 22.2 Å². The molecule has 4 heteroatoms. The fraction of sp³-hybridized carbons (Fsp3) is 0.300. The lowest BCUT2D eigenvalue weighted by molar-refractivity contribution is 0.0686. The lowest BCUT2D eigenvalue weighted by Crippen LogP contribution is -2.05. The largest absolute Gasteiger partial charge is 0.477 e. The second-order valence-electron chi connectivity index (χ2n) is 3.44.